The van der Waals surface area contributed by atoms with Crippen LogP contribution in [0.4, 0.5) is 0 Å². The van der Waals surface area contributed by atoms with Gasteiger partial charge in [-0.3, -0.25) is 24.6 Å². The third-order valence-electron chi connectivity index (χ3n) is 6.24. The largest absolute Gasteiger partial charge is 0.462 e. The minimum Gasteiger partial charge on any atom is -0.462 e. The minimum absolute atomic E-state index is 0.193. The number of hydrogen-bond acceptors (Lipinski definition) is 5. The van der Waals surface area contributed by atoms with Gasteiger partial charge in [-0.2, -0.15) is 0 Å². The van der Waals surface area contributed by atoms with Crippen LogP contribution in [-0.2, 0) is 25.5 Å². The molecule has 2 aliphatic carbocycles. The van der Waals surface area contributed by atoms with Crippen molar-refractivity contribution in [3.63, 3.8) is 0 Å². The van der Waals surface area contributed by atoms with Gasteiger partial charge in [0.1, 0.15) is 6.04 Å². The number of piperidine rings is 1. The van der Waals surface area contributed by atoms with Gasteiger partial charge in [-0.25, -0.2) is 4.79 Å². The van der Waals surface area contributed by atoms with Crippen LogP contribution in [0.15, 0.2) is 70.5 Å². The summed E-state index contributed by atoms with van der Waals surface area (Å²) in [6.45, 7) is 2.09. The maximum absolute atomic E-state index is 13.1. The summed E-state index contributed by atoms with van der Waals surface area (Å²) in [4.78, 5) is 50.9. The van der Waals surface area contributed by atoms with E-state index in [-0.39, 0.29) is 24.2 Å². The van der Waals surface area contributed by atoms with Crippen molar-refractivity contribution in [2.75, 3.05) is 6.61 Å². The molecule has 0 spiro atoms. The predicted octanol–water partition coefficient (Wildman–Crippen LogP) is 2.50. The van der Waals surface area contributed by atoms with E-state index in [0.717, 1.165) is 28.0 Å². The summed E-state index contributed by atoms with van der Waals surface area (Å²) >= 11 is 0. The van der Waals surface area contributed by atoms with Crippen LogP contribution in [0.25, 0.3) is 0 Å². The molecule has 162 valence electrons. The topological polar surface area (TPSA) is 92.8 Å². The van der Waals surface area contributed by atoms with Gasteiger partial charge in [0, 0.05) is 24.1 Å². The molecular weight excluding hydrogens is 408 g/mol. The Morgan fingerprint density at radius 2 is 2.06 bits per heavy atom. The smallest absolute Gasteiger partial charge is 0.338 e. The lowest BCUT2D eigenvalue weighted by molar-refractivity contribution is -0.141. The van der Waals surface area contributed by atoms with Crippen LogP contribution in [0.2, 0.25) is 0 Å². The second kappa shape index (κ2) is 7.75. The van der Waals surface area contributed by atoms with E-state index in [0.29, 0.717) is 37.0 Å². The number of imide groups is 1. The molecule has 7 heteroatoms. The molecule has 0 aromatic heterocycles. The lowest BCUT2D eigenvalue weighted by atomic mass is 9.84. The van der Waals surface area contributed by atoms with Gasteiger partial charge in [-0.05, 0) is 66.3 Å². The first-order chi connectivity index (χ1) is 15.5. The SMILES string of the molecule is CCOC(=O)c1cccc(CC2=C3C=CC4=C(C3)C(=C2)N(C2CCC(=O)NC2=O)C4=O)c1. The van der Waals surface area contributed by atoms with Gasteiger partial charge in [0.05, 0.1) is 12.2 Å². The van der Waals surface area contributed by atoms with Gasteiger partial charge in [-0.15, -0.1) is 0 Å². The van der Waals surface area contributed by atoms with Crippen LogP contribution >= 0.6 is 0 Å². The van der Waals surface area contributed by atoms with Crippen molar-refractivity contribution >= 4 is 23.7 Å². The summed E-state index contributed by atoms with van der Waals surface area (Å²) in [6, 6.07) is 6.64. The molecule has 1 saturated heterocycles. The van der Waals surface area contributed by atoms with E-state index in [1.807, 2.05) is 36.4 Å². The van der Waals surface area contributed by atoms with E-state index in [1.165, 1.54) is 0 Å². The molecule has 1 aromatic rings. The van der Waals surface area contributed by atoms with Crippen LogP contribution in [0, 0.1) is 0 Å². The Bertz CT molecular complexity index is 1200. The highest BCUT2D eigenvalue weighted by atomic mass is 16.5. The summed E-state index contributed by atoms with van der Waals surface area (Å²) < 4.78 is 5.10. The zero-order valence-electron chi connectivity index (χ0n) is 17.6. The average Bonchev–Trinajstić information content (AvgIpc) is 3.07. The molecule has 5 rings (SSSR count). The van der Waals surface area contributed by atoms with E-state index in [9.17, 15) is 19.2 Å². The molecule has 1 fully saturated rings. The molecule has 1 unspecified atom stereocenters. The quantitative estimate of drug-likeness (QED) is 0.572. The summed E-state index contributed by atoms with van der Waals surface area (Å²) in [7, 11) is 0. The number of hydrogen-bond donors (Lipinski definition) is 1. The number of carbonyl (C=O) groups excluding carboxylic acids is 4. The lowest BCUT2D eigenvalue weighted by Gasteiger charge is -2.32. The van der Waals surface area contributed by atoms with Crippen molar-refractivity contribution in [3.05, 3.63) is 81.6 Å². The Kier molecular flexibility index (Phi) is 4.89. The highest BCUT2D eigenvalue weighted by Gasteiger charge is 2.44. The summed E-state index contributed by atoms with van der Waals surface area (Å²) in [6.07, 6.45) is 7.49. The fraction of sp³-hybridized carbons (Fsp3) is 0.280. The van der Waals surface area contributed by atoms with E-state index in [2.05, 4.69) is 5.32 Å². The molecular formula is C25H22N2O5. The van der Waals surface area contributed by atoms with Crippen LogP contribution in [0.5, 0.6) is 0 Å². The fourth-order valence-electron chi connectivity index (χ4n) is 4.72. The Hall–Kier alpha value is -3.74. The van der Waals surface area contributed by atoms with Crippen molar-refractivity contribution in [3.8, 4) is 0 Å². The predicted molar refractivity (Wildman–Crippen MR) is 115 cm³/mol. The normalized spacial score (nSPS) is 21.8. The Morgan fingerprint density at radius 1 is 1.22 bits per heavy atom. The summed E-state index contributed by atoms with van der Waals surface area (Å²) in [5, 5.41) is 2.35. The number of amides is 3. The van der Waals surface area contributed by atoms with Crippen LogP contribution in [0.1, 0.15) is 42.1 Å². The Balaban J connectivity index is 1.47. The van der Waals surface area contributed by atoms with Gasteiger partial charge >= 0.3 is 5.97 Å². The average molecular weight is 430 g/mol. The molecule has 32 heavy (non-hydrogen) atoms. The Labute approximate surface area is 185 Å². The maximum atomic E-state index is 13.1. The van der Waals surface area contributed by atoms with Gasteiger partial charge in [0.25, 0.3) is 5.91 Å². The molecule has 2 aliphatic heterocycles. The molecule has 0 radical (unpaired) electrons. The first-order valence-corrected chi connectivity index (χ1v) is 10.7. The number of ether oxygens (including phenoxy) is 1. The molecule has 3 amide bonds. The number of rotatable bonds is 5. The van der Waals surface area contributed by atoms with Crippen molar-refractivity contribution in [1.82, 2.24) is 10.2 Å². The number of fused-ring (bicyclic) bond motifs is 1. The number of allylic oxidation sites excluding steroid dienone is 5. The van der Waals surface area contributed by atoms with Gasteiger partial charge in [0.2, 0.25) is 11.8 Å². The van der Waals surface area contributed by atoms with Gasteiger partial charge < -0.3 is 4.74 Å². The van der Waals surface area contributed by atoms with Crippen molar-refractivity contribution in [2.45, 2.75) is 38.6 Å². The summed E-state index contributed by atoms with van der Waals surface area (Å²) in [5.41, 5.74) is 5.90. The van der Waals surface area contributed by atoms with Gasteiger partial charge in [0.15, 0.2) is 0 Å². The molecule has 4 aliphatic rings. The molecule has 2 bridgehead atoms. The molecule has 7 nitrogen and oxygen atoms in total. The second-order valence-corrected chi connectivity index (χ2v) is 8.22. The zero-order chi connectivity index (χ0) is 22.4. The zero-order valence-corrected chi connectivity index (χ0v) is 17.6. The second-order valence-electron chi connectivity index (χ2n) is 8.22. The van der Waals surface area contributed by atoms with Crippen LogP contribution in [0.3, 0.4) is 0 Å². The molecule has 1 atom stereocenters. The number of benzene rings is 1. The van der Waals surface area contributed by atoms with E-state index >= 15 is 0 Å². The maximum Gasteiger partial charge on any atom is 0.338 e. The standard InChI is InChI=1S/C25H22N2O5/c1-2-32-25(31)16-5-3-4-14(10-16)11-17-13-21-19-12-15(17)6-7-18(19)24(30)27(21)20-8-9-22(28)26-23(20)29/h3-7,10,13,20H,2,8-9,11-12H2,1H3,(H,26,28,29). The molecule has 0 saturated carbocycles. The Morgan fingerprint density at radius 3 is 2.84 bits per heavy atom. The first-order valence-electron chi connectivity index (χ1n) is 10.7. The first kappa shape index (κ1) is 20.2. The minimum atomic E-state index is -0.694. The van der Waals surface area contributed by atoms with Crippen molar-refractivity contribution in [1.29, 1.82) is 0 Å². The van der Waals surface area contributed by atoms with Crippen LogP contribution in [-0.4, -0.2) is 41.2 Å². The van der Waals surface area contributed by atoms with Crippen molar-refractivity contribution in [2.24, 2.45) is 0 Å². The monoisotopic (exact) mass is 430 g/mol. The molecule has 2 heterocycles. The third kappa shape index (κ3) is 3.30. The fourth-order valence-corrected chi connectivity index (χ4v) is 4.72. The number of carbonyl (C=O) groups is 4. The number of esters is 1. The highest BCUT2D eigenvalue weighted by molar-refractivity contribution is 6.08. The lowest BCUT2D eigenvalue weighted by Crippen LogP contribution is -2.52. The van der Waals surface area contributed by atoms with E-state index < -0.39 is 11.9 Å². The molecule has 1 N–H and O–H groups in total. The summed E-state index contributed by atoms with van der Waals surface area (Å²) in [5.74, 6) is -1.29. The van der Waals surface area contributed by atoms with Gasteiger partial charge in [-0.1, -0.05) is 18.2 Å². The number of nitrogens with zero attached hydrogens (tertiary/aromatic N) is 1. The van der Waals surface area contributed by atoms with Crippen molar-refractivity contribution < 1.29 is 23.9 Å². The van der Waals surface area contributed by atoms with E-state index in [1.54, 1.807) is 17.9 Å². The highest BCUT2D eigenvalue weighted by Crippen LogP contribution is 2.44. The molecule has 1 aromatic carbocycles. The van der Waals surface area contributed by atoms with Crippen LogP contribution < -0.4 is 5.32 Å². The third-order valence-corrected chi connectivity index (χ3v) is 6.24. The van der Waals surface area contributed by atoms with E-state index in [4.69, 9.17) is 4.74 Å². The number of nitrogens with one attached hydrogen (secondary N) is 1.